The summed E-state index contributed by atoms with van der Waals surface area (Å²) in [5.74, 6) is 1.52. The number of carbonyl (C=O) groups excluding carboxylic acids is 1. The molecule has 1 atom stereocenters. The van der Waals surface area contributed by atoms with Crippen LogP contribution in [0.15, 0.2) is 18.2 Å². The lowest BCUT2D eigenvalue weighted by Gasteiger charge is -2.28. The van der Waals surface area contributed by atoms with E-state index in [0.29, 0.717) is 6.54 Å². The Balaban J connectivity index is 2.02. The number of hydrogen-bond donors (Lipinski definition) is 1. The van der Waals surface area contributed by atoms with Crippen molar-refractivity contribution in [1.82, 2.24) is 4.90 Å². The topological polar surface area (TPSA) is 59.0 Å². The van der Waals surface area contributed by atoms with Crippen molar-refractivity contribution in [2.24, 2.45) is 0 Å². The first-order chi connectivity index (χ1) is 9.65. The second kappa shape index (κ2) is 6.61. The van der Waals surface area contributed by atoms with Gasteiger partial charge in [-0.05, 0) is 38.0 Å². The minimum absolute atomic E-state index is 0.0109. The van der Waals surface area contributed by atoms with Gasteiger partial charge in [-0.25, -0.2) is 0 Å². The molecule has 0 fully saturated rings. The van der Waals surface area contributed by atoms with Crippen LogP contribution in [-0.2, 0) is 11.2 Å². The summed E-state index contributed by atoms with van der Waals surface area (Å²) in [6, 6.07) is 5.94. The van der Waals surface area contributed by atoms with Gasteiger partial charge in [0.2, 0.25) is 12.7 Å². The first-order valence-corrected chi connectivity index (χ1v) is 6.94. The molecule has 1 aliphatic rings. The number of likely N-dealkylation sites (N-methyl/N-ethyl adjacent to an activating group) is 1. The van der Waals surface area contributed by atoms with E-state index in [2.05, 4.69) is 0 Å². The van der Waals surface area contributed by atoms with Crippen LogP contribution in [0.3, 0.4) is 0 Å². The van der Waals surface area contributed by atoms with Gasteiger partial charge in [0.05, 0.1) is 6.61 Å². The number of aliphatic hydroxyl groups excluding tert-OH is 1. The Morgan fingerprint density at radius 3 is 2.85 bits per heavy atom. The van der Waals surface area contributed by atoms with Crippen molar-refractivity contribution < 1.29 is 19.4 Å². The maximum atomic E-state index is 11.9. The van der Waals surface area contributed by atoms with E-state index in [1.165, 1.54) is 0 Å². The van der Waals surface area contributed by atoms with E-state index in [1.54, 1.807) is 4.90 Å². The molecule has 5 heteroatoms. The highest BCUT2D eigenvalue weighted by molar-refractivity contribution is 5.76. The monoisotopic (exact) mass is 279 g/mol. The van der Waals surface area contributed by atoms with Crippen molar-refractivity contribution in [1.29, 1.82) is 0 Å². The Bertz CT molecular complexity index is 475. The molecule has 0 aliphatic carbocycles. The Labute approximate surface area is 119 Å². The number of rotatable bonds is 6. The molecule has 1 unspecified atom stereocenters. The molecule has 2 rings (SSSR count). The summed E-state index contributed by atoms with van der Waals surface area (Å²) in [5, 5.41) is 8.88. The third-order valence-electron chi connectivity index (χ3n) is 3.49. The number of carbonyl (C=O) groups is 1. The highest BCUT2D eigenvalue weighted by Gasteiger charge is 2.19. The van der Waals surface area contributed by atoms with Gasteiger partial charge in [-0.3, -0.25) is 4.79 Å². The van der Waals surface area contributed by atoms with Gasteiger partial charge in [-0.15, -0.1) is 0 Å². The van der Waals surface area contributed by atoms with E-state index in [4.69, 9.17) is 14.6 Å². The van der Waals surface area contributed by atoms with E-state index < -0.39 is 0 Å². The molecule has 1 amide bonds. The smallest absolute Gasteiger partial charge is 0.231 e. The highest BCUT2D eigenvalue weighted by atomic mass is 16.7. The normalized spacial score (nSPS) is 14.2. The molecule has 0 saturated heterocycles. The molecule has 0 bridgehead atoms. The Hall–Kier alpha value is -1.75. The van der Waals surface area contributed by atoms with Crippen LogP contribution in [-0.4, -0.2) is 41.9 Å². The van der Waals surface area contributed by atoms with Crippen LogP contribution in [0.4, 0.5) is 0 Å². The number of benzene rings is 1. The predicted octanol–water partition coefficient (Wildman–Crippen LogP) is 1.58. The van der Waals surface area contributed by atoms with Gasteiger partial charge >= 0.3 is 0 Å². The van der Waals surface area contributed by atoms with Crippen LogP contribution in [0.25, 0.3) is 0 Å². The Morgan fingerprint density at radius 1 is 1.40 bits per heavy atom. The van der Waals surface area contributed by atoms with Gasteiger partial charge in [0, 0.05) is 19.0 Å². The number of fused-ring (bicyclic) bond motifs is 1. The summed E-state index contributed by atoms with van der Waals surface area (Å²) in [7, 11) is 0. The minimum atomic E-state index is -0.105. The second-order valence-corrected chi connectivity index (χ2v) is 4.89. The third-order valence-corrected chi connectivity index (χ3v) is 3.49. The van der Waals surface area contributed by atoms with Crippen LogP contribution in [0.5, 0.6) is 11.5 Å². The zero-order valence-electron chi connectivity index (χ0n) is 12.0. The fraction of sp³-hybridized carbons (Fsp3) is 0.533. The molecule has 5 nitrogen and oxygen atoms in total. The fourth-order valence-corrected chi connectivity index (χ4v) is 2.49. The summed E-state index contributed by atoms with van der Waals surface area (Å²) < 4.78 is 10.6. The maximum Gasteiger partial charge on any atom is 0.231 e. The number of aliphatic hydroxyl groups is 1. The van der Waals surface area contributed by atoms with E-state index >= 15 is 0 Å². The van der Waals surface area contributed by atoms with E-state index in [1.807, 2.05) is 32.0 Å². The molecule has 1 heterocycles. The standard InChI is InChI=1S/C15H21NO4/c1-3-16(15(18)6-7-17)11(2)8-12-4-5-13-14(9-12)20-10-19-13/h4-5,9,11,17H,3,6-8,10H2,1-2H3. The van der Waals surface area contributed by atoms with Crippen molar-refractivity contribution >= 4 is 5.91 Å². The number of hydrogen-bond acceptors (Lipinski definition) is 4. The molecular weight excluding hydrogens is 258 g/mol. The zero-order valence-corrected chi connectivity index (χ0v) is 12.0. The average Bonchev–Trinajstić information content (AvgIpc) is 2.87. The van der Waals surface area contributed by atoms with Crippen molar-refractivity contribution in [3.8, 4) is 11.5 Å². The van der Waals surface area contributed by atoms with E-state index in [9.17, 15) is 4.79 Å². The Morgan fingerprint density at radius 2 is 2.15 bits per heavy atom. The molecular formula is C15H21NO4. The summed E-state index contributed by atoms with van der Waals surface area (Å²) in [4.78, 5) is 13.7. The highest BCUT2D eigenvalue weighted by Crippen LogP contribution is 2.32. The lowest BCUT2D eigenvalue weighted by Crippen LogP contribution is -2.40. The average molecular weight is 279 g/mol. The molecule has 20 heavy (non-hydrogen) atoms. The quantitative estimate of drug-likeness (QED) is 0.859. The van der Waals surface area contributed by atoms with Crippen LogP contribution in [0, 0.1) is 0 Å². The first kappa shape index (κ1) is 14.7. The number of amides is 1. The number of ether oxygens (including phenoxy) is 2. The summed E-state index contributed by atoms with van der Waals surface area (Å²) in [6.07, 6.45) is 0.932. The van der Waals surface area contributed by atoms with Crippen LogP contribution in [0.1, 0.15) is 25.8 Å². The molecule has 0 aromatic heterocycles. The van der Waals surface area contributed by atoms with Crippen molar-refractivity contribution in [3.05, 3.63) is 23.8 Å². The SMILES string of the molecule is CCN(C(=O)CCO)C(C)Cc1ccc2c(c1)OCO2. The first-order valence-electron chi connectivity index (χ1n) is 6.94. The lowest BCUT2D eigenvalue weighted by atomic mass is 10.0. The largest absolute Gasteiger partial charge is 0.454 e. The van der Waals surface area contributed by atoms with Crippen LogP contribution < -0.4 is 9.47 Å². The second-order valence-electron chi connectivity index (χ2n) is 4.89. The minimum Gasteiger partial charge on any atom is -0.454 e. The summed E-state index contributed by atoms with van der Waals surface area (Å²) in [5.41, 5.74) is 1.11. The molecule has 1 aliphatic heterocycles. The molecule has 0 radical (unpaired) electrons. The Kier molecular flexibility index (Phi) is 4.84. The molecule has 1 aromatic carbocycles. The van der Waals surface area contributed by atoms with Gasteiger partial charge in [0.25, 0.3) is 0 Å². The number of nitrogens with zero attached hydrogens (tertiary/aromatic N) is 1. The van der Waals surface area contributed by atoms with E-state index in [0.717, 1.165) is 23.5 Å². The predicted molar refractivity (Wildman–Crippen MR) is 74.8 cm³/mol. The van der Waals surface area contributed by atoms with Gasteiger partial charge in [-0.1, -0.05) is 6.07 Å². The van der Waals surface area contributed by atoms with Crippen LogP contribution in [0.2, 0.25) is 0 Å². The van der Waals surface area contributed by atoms with Gasteiger partial charge in [0.1, 0.15) is 0 Å². The molecule has 1 aromatic rings. The molecule has 110 valence electrons. The van der Waals surface area contributed by atoms with Gasteiger partial charge < -0.3 is 19.5 Å². The van der Waals surface area contributed by atoms with Crippen molar-refractivity contribution in [2.45, 2.75) is 32.7 Å². The summed E-state index contributed by atoms with van der Waals surface area (Å²) in [6.45, 7) is 4.77. The third kappa shape index (κ3) is 3.22. The fourth-order valence-electron chi connectivity index (χ4n) is 2.49. The van der Waals surface area contributed by atoms with E-state index in [-0.39, 0.29) is 31.8 Å². The van der Waals surface area contributed by atoms with Gasteiger partial charge in [0.15, 0.2) is 11.5 Å². The summed E-state index contributed by atoms with van der Waals surface area (Å²) >= 11 is 0. The maximum absolute atomic E-state index is 11.9. The van der Waals surface area contributed by atoms with Crippen molar-refractivity contribution in [3.63, 3.8) is 0 Å². The van der Waals surface area contributed by atoms with Crippen molar-refractivity contribution in [2.75, 3.05) is 19.9 Å². The zero-order chi connectivity index (χ0) is 14.5. The van der Waals surface area contributed by atoms with Gasteiger partial charge in [-0.2, -0.15) is 0 Å². The molecule has 1 N–H and O–H groups in total. The lowest BCUT2D eigenvalue weighted by molar-refractivity contribution is -0.133. The van der Waals surface area contributed by atoms with Crippen LogP contribution >= 0.6 is 0 Å². The molecule has 0 saturated carbocycles. The molecule has 0 spiro atoms.